The molecule has 1 rings (SSSR count). The lowest BCUT2D eigenvalue weighted by Crippen LogP contribution is -2.33. The Kier molecular flexibility index (Phi) is 4.84. The Bertz CT molecular complexity index is 532. The lowest BCUT2D eigenvalue weighted by Gasteiger charge is -2.05. The van der Waals surface area contributed by atoms with Crippen LogP contribution >= 0.6 is 0 Å². The molecule has 0 aliphatic rings. The first-order valence-electron chi connectivity index (χ1n) is 5.09. The molecule has 0 radical (unpaired) electrons. The van der Waals surface area contributed by atoms with E-state index in [0.29, 0.717) is 0 Å². The number of carbonyl (C=O) groups is 2. The lowest BCUT2D eigenvalue weighted by atomic mass is 10.1. The third kappa shape index (κ3) is 3.88. The van der Waals surface area contributed by atoms with Crippen molar-refractivity contribution < 1.29 is 14.0 Å². The Morgan fingerprint density at radius 3 is 2.72 bits per heavy atom. The molecule has 0 unspecified atom stereocenters. The van der Waals surface area contributed by atoms with E-state index in [1.165, 1.54) is 6.07 Å². The zero-order valence-corrected chi connectivity index (χ0v) is 9.50. The average Bonchev–Trinajstić information content (AvgIpc) is 2.33. The molecular weight excluding hydrogens is 237 g/mol. The van der Waals surface area contributed by atoms with Crippen molar-refractivity contribution in [1.29, 1.82) is 0 Å². The molecule has 5 N–H and O–H groups in total. The number of hydrogen-bond acceptors (Lipinski definition) is 3. The Hall–Kier alpha value is -2.39. The van der Waals surface area contributed by atoms with Crippen LogP contribution in [0.1, 0.15) is 15.9 Å². The molecule has 6 heteroatoms. The molecule has 1 aromatic rings. The molecule has 0 atom stereocenters. The van der Waals surface area contributed by atoms with Crippen LogP contribution in [0.25, 0.3) is 0 Å². The van der Waals surface area contributed by atoms with Crippen molar-refractivity contribution >= 4 is 11.8 Å². The van der Waals surface area contributed by atoms with Gasteiger partial charge in [0.15, 0.2) is 0 Å². The second-order valence-electron chi connectivity index (χ2n) is 3.34. The zero-order chi connectivity index (χ0) is 13.5. The van der Waals surface area contributed by atoms with Gasteiger partial charge >= 0.3 is 0 Å². The van der Waals surface area contributed by atoms with E-state index < -0.39 is 17.6 Å². The van der Waals surface area contributed by atoms with E-state index in [2.05, 4.69) is 17.2 Å². The van der Waals surface area contributed by atoms with Gasteiger partial charge in [0.2, 0.25) is 5.91 Å². The monoisotopic (exact) mass is 249 g/mol. The fourth-order valence-corrected chi connectivity index (χ4v) is 1.23. The molecule has 2 amide bonds. The van der Waals surface area contributed by atoms with Gasteiger partial charge < -0.3 is 16.8 Å². The van der Waals surface area contributed by atoms with Crippen molar-refractivity contribution in [2.24, 2.45) is 11.5 Å². The lowest BCUT2D eigenvalue weighted by molar-refractivity contribution is -0.117. The first kappa shape index (κ1) is 13.7. The summed E-state index contributed by atoms with van der Waals surface area (Å²) in [5.41, 5.74) is 10.5. The number of amides is 2. The molecule has 94 valence electrons. The molecule has 0 bridgehead atoms. The first-order chi connectivity index (χ1) is 8.54. The summed E-state index contributed by atoms with van der Waals surface area (Å²) in [5.74, 6) is 3.40. The molecule has 0 aromatic heterocycles. The standard InChI is InChI=1S/C12H12FN3O2/c13-9-3-4-10(8(6-9)2-1-5-14)12(18)16-7-11(15)17/h3-4,6H,5,7,14H2,(H2,15,17)(H,16,18). The molecular formula is C12H12FN3O2. The predicted molar refractivity (Wildman–Crippen MR) is 63.9 cm³/mol. The highest BCUT2D eigenvalue weighted by atomic mass is 19.1. The van der Waals surface area contributed by atoms with Crippen LogP contribution in [0, 0.1) is 17.7 Å². The van der Waals surface area contributed by atoms with Crippen LogP contribution in [0.5, 0.6) is 0 Å². The van der Waals surface area contributed by atoms with E-state index in [1.807, 2.05) is 0 Å². The minimum atomic E-state index is -0.667. The molecule has 0 saturated heterocycles. The van der Waals surface area contributed by atoms with Gasteiger partial charge in [-0.1, -0.05) is 11.8 Å². The molecule has 0 aliphatic heterocycles. The Morgan fingerprint density at radius 1 is 1.39 bits per heavy atom. The largest absolute Gasteiger partial charge is 0.368 e. The summed E-state index contributed by atoms with van der Waals surface area (Å²) >= 11 is 0. The topological polar surface area (TPSA) is 98.2 Å². The smallest absolute Gasteiger partial charge is 0.252 e. The maximum absolute atomic E-state index is 13.0. The summed E-state index contributed by atoms with van der Waals surface area (Å²) < 4.78 is 13.0. The van der Waals surface area contributed by atoms with Crippen molar-refractivity contribution in [2.45, 2.75) is 0 Å². The van der Waals surface area contributed by atoms with Crippen LogP contribution in [-0.2, 0) is 4.79 Å². The first-order valence-corrected chi connectivity index (χ1v) is 5.09. The Labute approximate surface area is 103 Å². The van der Waals surface area contributed by atoms with Gasteiger partial charge in [0.25, 0.3) is 5.91 Å². The quantitative estimate of drug-likeness (QED) is 0.621. The number of primary amides is 1. The van der Waals surface area contributed by atoms with Gasteiger partial charge in [0, 0.05) is 5.56 Å². The van der Waals surface area contributed by atoms with E-state index in [0.717, 1.165) is 12.1 Å². The molecule has 0 heterocycles. The highest BCUT2D eigenvalue weighted by Gasteiger charge is 2.11. The zero-order valence-electron chi connectivity index (χ0n) is 9.50. The number of carbonyl (C=O) groups excluding carboxylic acids is 2. The predicted octanol–water partition coefficient (Wildman–Crippen LogP) is -0.649. The summed E-state index contributed by atoms with van der Waals surface area (Å²) in [5, 5.41) is 2.30. The van der Waals surface area contributed by atoms with Crippen molar-refractivity contribution in [3.63, 3.8) is 0 Å². The van der Waals surface area contributed by atoms with E-state index in [1.54, 1.807) is 0 Å². The van der Waals surface area contributed by atoms with Crippen molar-refractivity contribution in [2.75, 3.05) is 13.1 Å². The molecule has 0 saturated carbocycles. The van der Waals surface area contributed by atoms with E-state index in [-0.39, 0.29) is 24.2 Å². The van der Waals surface area contributed by atoms with Crippen LogP contribution in [0.2, 0.25) is 0 Å². The maximum Gasteiger partial charge on any atom is 0.252 e. The van der Waals surface area contributed by atoms with Gasteiger partial charge in [-0.2, -0.15) is 0 Å². The van der Waals surface area contributed by atoms with Gasteiger partial charge in [0.05, 0.1) is 18.7 Å². The summed E-state index contributed by atoms with van der Waals surface area (Å²) in [6.45, 7) is -0.196. The number of benzene rings is 1. The van der Waals surface area contributed by atoms with E-state index in [9.17, 15) is 14.0 Å². The summed E-state index contributed by atoms with van der Waals surface area (Å²) in [6, 6.07) is 3.54. The van der Waals surface area contributed by atoms with Crippen molar-refractivity contribution in [3.8, 4) is 11.8 Å². The van der Waals surface area contributed by atoms with Crippen LogP contribution in [0.3, 0.4) is 0 Å². The van der Waals surface area contributed by atoms with Gasteiger partial charge in [-0.3, -0.25) is 9.59 Å². The van der Waals surface area contributed by atoms with Crippen molar-refractivity contribution in [1.82, 2.24) is 5.32 Å². The van der Waals surface area contributed by atoms with Crippen LogP contribution < -0.4 is 16.8 Å². The second kappa shape index (κ2) is 6.37. The van der Waals surface area contributed by atoms with Crippen LogP contribution in [0.4, 0.5) is 4.39 Å². The van der Waals surface area contributed by atoms with E-state index in [4.69, 9.17) is 11.5 Å². The molecule has 0 spiro atoms. The van der Waals surface area contributed by atoms with Gasteiger partial charge in [-0.25, -0.2) is 4.39 Å². The minimum absolute atomic E-state index is 0.0961. The van der Waals surface area contributed by atoms with Crippen molar-refractivity contribution in [3.05, 3.63) is 35.1 Å². The molecule has 0 fully saturated rings. The van der Waals surface area contributed by atoms with Gasteiger partial charge in [-0.15, -0.1) is 0 Å². The third-order valence-electron chi connectivity index (χ3n) is 1.97. The fraction of sp³-hybridized carbons (Fsp3) is 0.167. The molecule has 5 nitrogen and oxygen atoms in total. The Morgan fingerprint density at radius 2 is 2.11 bits per heavy atom. The van der Waals surface area contributed by atoms with Gasteiger partial charge in [0.1, 0.15) is 5.82 Å². The summed E-state index contributed by atoms with van der Waals surface area (Å²) in [6.07, 6.45) is 0. The number of halogens is 1. The SMILES string of the molecule is NCC#Cc1cc(F)ccc1C(=O)NCC(N)=O. The number of hydrogen-bond donors (Lipinski definition) is 3. The number of nitrogens with two attached hydrogens (primary N) is 2. The van der Waals surface area contributed by atoms with Gasteiger partial charge in [-0.05, 0) is 18.2 Å². The number of rotatable bonds is 3. The maximum atomic E-state index is 13.0. The van der Waals surface area contributed by atoms with Crippen LogP contribution in [-0.4, -0.2) is 24.9 Å². The average molecular weight is 249 g/mol. The minimum Gasteiger partial charge on any atom is -0.368 e. The van der Waals surface area contributed by atoms with Crippen LogP contribution in [0.15, 0.2) is 18.2 Å². The molecule has 1 aromatic carbocycles. The second-order valence-corrected chi connectivity index (χ2v) is 3.34. The summed E-state index contributed by atoms with van der Waals surface area (Å²) in [4.78, 5) is 22.3. The fourth-order valence-electron chi connectivity index (χ4n) is 1.23. The number of nitrogens with one attached hydrogen (secondary N) is 1. The van der Waals surface area contributed by atoms with E-state index >= 15 is 0 Å². The summed E-state index contributed by atoms with van der Waals surface area (Å²) in [7, 11) is 0. The normalized spacial score (nSPS) is 9.22. The highest BCUT2D eigenvalue weighted by Crippen LogP contribution is 2.10. The molecule has 0 aliphatic carbocycles. The molecule has 18 heavy (non-hydrogen) atoms. The third-order valence-corrected chi connectivity index (χ3v) is 1.97. The Balaban J connectivity index is 2.99. The highest BCUT2D eigenvalue weighted by molar-refractivity contribution is 5.98.